The minimum Gasteiger partial charge on any atom is -0.258 e. The number of benzene rings is 1. The van der Waals surface area contributed by atoms with E-state index in [2.05, 4.69) is 6.58 Å². The van der Waals surface area contributed by atoms with Crippen LogP contribution in [0.15, 0.2) is 36.9 Å². The van der Waals surface area contributed by atoms with Gasteiger partial charge in [-0.15, -0.1) is 0 Å². The van der Waals surface area contributed by atoms with Crippen molar-refractivity contribution in [1.29, 1.82) is 0 Å². The van der Waals surface area contributed by atoms with Gasteiger partial charge in [0, 0.05) is 0 Å². The third-order valence-corrected chi connectivity index (χ3v) is 1.33. The molecule has 0 N–H and O–H groups in total. The topological polar surface area (TPSA) is 43.1 Å². The van der Waals surface area contributed by atoms with Crippen molar-refractivity contribution in [2.24, 2.45) is 0 Å². The van der Waals surface area contributed by atoms with Crippen molar-refractivity contribution in [3.63, 3.8) is 0 Å². The Labute approximate surface area is 64.1 Å². The molecule has 3 nitrogen and oxygen atoms in total. The van der Waals surface area contributed by atoms with Gasteiger partial charge < -0.3 is 0 Å². The van der Waals surface area contributed by atoms with Gasteiger partial charge in [0.15, 0.2) is 0 Å². The van der Waals surface area contributed by atoms with Crippen molar-refractivity contribution in [3.05, 3.63) is 52.6 Å². The maximum absolute atomic E-state index is 10.2. The summed E-state index contributed by atoms with van der Waals surface area (Å²) in [6.07, 6.45) is 0. The van der Waals surface area contributed by atoms with Gasteiger partial charge in [0.1, 0.15) is 0 Å². The fraction of sp³-hybridized carbons (Fsp3) is 0. The van der Waals surface area contributed by atoms with Crippen LogP contribution in [0.4, 0.5) is 0 Å². The second-order valence-corrected chi connectivity index (χ2v) is 2.07. The average molecular weight is 149 g/mol. The van der Waals surface area contributed by atoms with Crippen LogP contribution >= 0.6 is 0 Å². The molecule has 0 amide bonds. The third kappa shape index (κ3) is 1.64. The smallest absolute Gasteiger partial charge is 0.258 e. The molecule has 11 heavy (non-hydrogen) atoms. The van der Waals surface area contributed by atoms with Crippen molar-refractivity contribution < 1.29 is 4.92 Å². The second kappa shape index (κ2) is 2.96. The van der Waals surface area contributed by atoms with Crippen LogP contribution in [-0.4, -0.2) is 4.92 Å². The van der Waals surface area contributed by atoms with Gasteiger partial charge in [-0.05, 0) is 18.7 Å². The molecule has 3 heteroatoms. The van der Waals surface area contributed by atoms with Crippen molar-refractivity contribution in [3.8, 4) is 0 Å². The number of hydrogen-bond donors (Lipinski definition) is 0. The molecule has 0 fully saturated rings. The molecule has 0 aromatic heterocycles. The predicted octanol–water partition coefficient (Wildman–Crippen LogP) is 1.93. The zero-order chi connectivity index (χ0) is 8.27. The van der Waals surface area contributed by atoms with Crippen LogP contribution in [0.2, 0.25) is 0 Å². The molecule has 0 bridgehead atoms. The van der Waals surface area contributed by atoms with Crippen LogP contribution < -0.4 is 0 Å². The summed E-state index contributed by atoms with van der Waals surface area (Å²) in [6.45, 7) is 3.33. The highest BCUT2D eigenvalue weighted by atomic mass is 16.6. The summed E-state index contributed by atoms with van der Waals surface area (Å²) < 4.78 is 0. The van der Waals surface area contributed by atoms with Crippen molar-refractivity contribution >= 4 is 5.70 Å². The highest BCUT2D eigenvalue weighted by Gasteiger charge is 2.07. The fourth-order valence-electron chi connectivity index (χ4n) is 0.736. The van der Waals surface area contributed by atoms with E-state index in [-0.39, 0.29) is 5.70 Å². The standard InChI is InChI=1S/C8H7NO2/c1-7(9(10)11)8-5-3-2-4-6-8/h2-6H,1H2. The predicted molar refractivity (Wildman–Crippen MR) is 42.5 cm³/mol. The van der Waals surface area contributed by atoms with Crippen molar-refractivity contribution in [1.82, 2.24) is 0 Å². The van der Waals surface area contributed by atoms with E-state index < -0.39 is 4.92 Å². The lowest BCUT2D eigenvalue weighted by Crippen LogP contribution is -1.94. The first-order valence-electron chi connectivity index (χ1n) is 3.10. The Kier molecular flexibility index (Phi) is 2.01. The average Bonchev–Trinajstić information content (AvgIpc) is 2.05. The lowest BCUT2D eigenvalue weighted by atomic mass is 10.2. The molecule has 0 heterocycles. The Morgan fingerprint density at radius 1 is 1.36 bits per heavy atom. The highest BCUT2D eigenvalue weighted by Crippen LogP contribution is 2.10. The SMILES string of the molecule is C=C(c1ccccc1)[N+](=O)[O-]. The van der Waals surface area contributed by atoms with E-state index in [9.17, 15) is 10.1 Å². The van der Waals surface area contributed by atoms with Crippen LogP contribution in [0.25, 0.3) is 5.70 Å². The molecular formula is C8H7NO2. The molecule has 0 saturated heterocycles. The van der Waals surface area contributed by atoms with Crippen LogP contribution in [-0.2, 0) is 0 Å². The van der Waals surface area contributed by atoms with Crippen LogP contribution in [0.1, 0.15) is 5.56 Å². The van der Waals surface area contributed by atoms with E-state index in [0.717, 1.165) is 0 Å². The molecule has 0 atom stereocenters. The maximum Gasteiger partial charge on any atom is 0.269 e. The number of nitro groups is 1. The Balaban J connectivity index is 2.95. The van der Waals surface area contributed by atoms with Crippen molar-refractivity contribution in [2.45, 2.75) is 0 Å². The highest BCUT2D eigenvalue weighted by molar-refractivity contribution is 5.55. The first-order valence-corrected chi connectivity index (χ1v) is 3.10. The summed E-state index contributed by atoms with van der Waals surface area (Å²) in [6, 6.07) is 8.60. The molecular weight excluding hydrogens is 142 g/mol. The van der Waals surface area contributed by atoms with Crippen molar-refractivity contribution in [2.75, 3.05) is 0 Å². The Bertz CT molecular complexity index is 279. The lowest BCUT2D eigenvalue weighted by molar-refractivity contribution is -0.375. The first-order chi connectivity index (χ1) is 5.22. The molecule has 0 saturated carbocycles. The fourth-order valence-corrected chi connectivity index (χ4v) is 0.736. The quantitative estimate of drug-likeness (QED) is 0.476. The van der Waals surface area contributed by atoms with Gasteiger partial charge in [0.25, 0.3) is 5.70 Å². The van der Waals surface area contributed by atoms with Gasteiger partial charge in [-0.2, -0.15) is 0 Å². The van der Waals surface area contributed by atoms with E-state index in [1.54, 1.807) is 30.3 Å². The first kappa shape index (κ1) is 7.47. The van der Waals surface area contributed by atoms with Crippen LogP contribution in [0.5, 0.6) is 0 Å². The van der Waals surface area contributed by atoms with Crippen LogP contribution in [0, 0.1) is 10.1 Å². The maximum atomic E-state index is 10.2. The zero-order valence-electron chi connectivity index (χ0n) is 5.86. The molecule has 0 radical (unpaired) electrons. The summed E-state index contributed by atoms with van der Waals surface area (Å²) in [5.41, 5.74) is 0.489. The molecule has 0 aliphatic carbocycles. The molecule has 1 aromatic rings. The summed E-state index contributed by atoms with van der Waals surface area (Å²) in [5, 5.41) is 10.2. The number of rotatable bonds is 2. The van der Waals surface area contributed by atoms with E-state index in [4.69, 9.17) is 0 Å². The lowest BCUT2D eigenvalue weighted by Gasteiger charge is -1.93. The number of nitrogens with zero attached hydrogens (tertiary/aromatic N) is 1. The van der Waals surface area contributed by atoms with Gasteiger partial charge in [-0.1, -0.05) is 18.2 Å². The minimum absolute atomic E-state index is 0.0643. The van der Waals surface area contributed by atoms with Gasteiger partial charge in [-0.25, -0.2) is 0 Å². The molecule has 56 valence electrons. The summed E-state index contributed by atoms with van der Waals surface area (Å²) in [4.78, 5) is 9.72. The van der Waals surface area contributed by atoms with Crippen LogP contribution in [0.3, 0.4) is 0 Å². The third-order valence-electron chi connectivity index (χ3n) is 1.33. The molecule has 1 rings (SSSR count). The zero-order valence-corrected chi connectivity index (χ0v) is 5.86. The Hall–Kier alpha value is -1.64. The largest absolute Gasteiger partial charge is 0.269 e. The minimum atomic E-state index is -0.491. The molecule has 1 aromatic carbocycles. The summed E-state index contributed by atoms with van der Waals surface area (Å²) in [5.74, 6) is 0. The van der Waals surface area contributed by atoms with Gasteiger partial charge >= 0.3 is 0 Å². The van der Waals surface area contributed by atoms with E-state index in [0.29, 0.717) is 5.56 Å². The van der Waals surface area contributed by atoms with E-state index in [1.165, 1.54) is 0 Å². The molecule has 0 aliphatic rings. The van der Waals surface area contributed by atoms with E-state index in [1.807, 2.05) is 0 Å². The Morgan fingerprint density at radius 2 is 1.91 bits per heavy atom. The van der Waals surface area contributed by atoms with Gasteiger partial charge in [0.2, 0.25) is 0 Å². The number of hydrogen-bond acceptors (Lipinski definition) is 2. The summed E-state index contributed by atoms with van der Waals surface area (Å²) in [7, 11) is 0. The molecule has 0 spiro atoms. The summed E-state index contributed by atoms with van der Waals surface area (Å²) >= 11 is 0. The van der Waals surface area contributed by atoms with E-state index >= 15 is 0 Å². The Morgan fingerprint density at radius 3 is 2.36 bits per heavy atom. The van der Waals surface area contributed by atoms with Gasteiger partial charge in [0.05, 0.1) is 10.5 Å². The molecule has 0 unspecified atom stereocenters. The monoisotopic (exact) mass is 149 g/mol. The normalized spacial score (nSPS) is 9.09. The van der Waals surface area contributed by atoms with Gasteiger partial charge in [-0.3, -0.25) is 10.1 Å². The second-order valence-electron chi connectivity index (χ2n) is 2.07. The molecule has 0 aliphatic heterocycles.